The maximum Gasteiger partial charge on any atom is 0.00418 e. The summed E-state index contributed by atoms with van der Waals surface area (Å²) in [5, 5.41) is 3.64. The van der Waals surface area contributed by atoms with Crippen LogP contribution in [0.4, 0.5) is 0 Å². The summed E-state index contributed by atoms with van der Waals surface area (Å²) >= 11 is 0. The van der Waals surface area contributed by atoms with Crippen LogP contribution >= 0.6 is 0 Å². The lowest BCUT2D eigenvalue weighted by molar-refractivity contribution is 0.506. The highest BCUT2D eigenvalue weighted by Crippen LogP contribution is 2.08. The number of hydrogen-bond donors (Lipinski definition) is 1. The van der Waals surface area contributed by atoms with Crippen LogP contribution in [-0.4, -0.2) is 12.6 Å². The van der Waals surface area contributed by atoms with Gasteiger partial charge in [0, 0.05) is 6.04 Å². The van der Waals surface area contributed by atoms with Gasteiger partial charge in [0.1, 0.15) is 0 Å². The summed E-state index contributed by atoms with van der Waals surface area (Å²) in [5.41, 5.74) is 4.25. The lowest BCUT2D eigenvalue weighted by atomic mass is 10.0. The molecule has 0 amide bonds. The molecule has 1 unspecified atom stereocenters. The first kappa shape index (κ1) is 15.8. The van der Waals surface area contributed by atoms with Gasteiger partial charge in [0.15, 0.2) is 0 Å². The molecule has 0 aromatic heterocycles. The zero-order valence-corrected chi connectivity index (χ0v) is 13.3. The van der Waals surface area contributed by atoms with E-state index in [4.69, 9.17) is 0 Å². The molecule has 0 saturated carbocycles. The number of rotatable bonds is 8. The molecule has 0 radical (unpaired) electrons. The fourth-order valence-electron chi connectivity index (χ4n) is 2.64. The smallest absolute Gasteiger partial charge is 0.00418 e. The Bertz CT molecular complexity index is 518. The van der Waals surface area contributed by atoms with E-state index in [2.05, 4.69) is 73.8 Å². The number of nitrogens with one attached hydrogen (secondary N) is 1. The summed E-state index contributed by atoms with van der Waals surface area (Å²) in [6, 6.07) is 20.2. The highest BCUT2D eigenvalue weighted by atomic mass is 14.9. The second kappa shape index (κ2) is 8.63. The Morgan fingerprint density at radius 3 is 2.43 bits per heavy atom. The summed E-state index contributed by atoms with van der Waals surface area (Å²) in [6.45, 7) is 5.55. The molecular weight excluding hydrogens is 254 g/mol. The van der Waals surface area contributed by atoms with Gasteiger partial charge >= 0.3 is 0 Å². The summed E-state index contributed by atoms with van der Waals surface area (Å²) in [6.07, 6.45) is 4.74. The second-order valence-corrected chi connectivity index (χ2v) is 5.97. The summed E-state index contributed by atoms with van der Waals surface area (Å²) in [7, 11) is 0. The van der Waals surface area contributed by atoms with E-state index >= 15 is 0 Å². The molecular formula is C20H27N. The minimum atomic E-state index is 0.585. The Morgan fingerprint density at radius 1 is 0.905 bits per heavy atom. The van der Waals surface area contributed by atoms with Crippen LogP contribution in [0.15, 0.2) is 54.6 Å². The Balaban J connectivity index is 1.60. The van der Waals surface area contributed by atoms with Gasteiger partial charge in [0.25, 0.3) is 0 Å². The van der Waals surface area contributed by atoms with Crippen LogP contribution in [0.5, 0.6) is 0 Å². The Labute approximate surface area is 129 Å². The molecule has 2 aromatic carbocycles. The minimum Gasteiger partial charge on any atom is -0.314 e. The molecule has 0 aliphatic rings. The van der Waals surface area contributed by atoms with Gasteiger partial charge in [-0.2, -0.15) is 0 Å². The van der Waals surface area contributed by atoms with Crippen molar-refractivity contribution in [3.05, 3.63) is 71.3 Å². The molecule has 1 nitrogen and oxygen atoms in total. The van der Waals surface area contributed by atoms with Gasteiger partial charge in [-0.25, -0.2) is 0 Å². The summed E-state index contributed by atoms with van der Waals surface area (Å²) in [4.78, 5) is 0. The fraction of sp³-hybridized carbons (Fsp3) is 0.400. The van der Waals surface area contributed by atoms with Crippen molar-refractivity contribution in [3.8, 4) is 0 Å². The first-order valence-corrected chi connectivity index (χ1v) is 8.07. The van der Waals surface area contributed by atoms with Crippen molar-refractivity contribution in [3.63, 3.8) is 0 Å². The SMILES string of the molecule is Cc1cccc(CCC(C)NCCCc2ccccc2)c1. The molecule has 1 atom stereocenters. The fourth-order valence-corrected chi connectivity index (χ4v) is 2.64. The van der Waals surface area contributed by atoms with Crippen LogP contribution in [0.3, 0.4) is 0 Å². The molecule has 0 heterocycles. The molecule has 0 aliphatic carbocycles. The van der Waals surface area contributed by atoms with Gasteiger partial charge < -0.3 is 5.32 Å². The zero-order chi connectivity index (χ0) is 14.9. The third kappa shape index (κ3) is 6.14. The molecule has 0 aliphatic heterocycles. The van der Waals surface area contributed by atoms with Gasteiger partial charge in [-0.05, 0) is 57.2 Å². The molecule has 2 rings (SSSR count). The molecule has 112 valence electrons. The second-order valence-electron chi connectivity index (χ2n) is 5.97. The molecule has 0 saturated heterocycles. The molecule has 0 bridgehead atoms. The van der Waals surface area contributed by atoms with E-state index in [1.807, 2.05) is 0 Å². The molecule has 1 heteroatoms. The van der Waals surface area contributed by atoms with Crippen molar-refractivity contribution in [1.82, 2.24) is 5.32 Å². The van der Waals surface area contributed by atoms with Crippen LogP contribution in [0.25, 0.3) is 0 Å². The van der Waals surface area contributed by atoms with Gasteiger partial charge in [-0.1, -0.05) is 60.2 Å². The molecule has 0 spiro atoms. The largest absolute Gasteiger partial charge is 0.314 e. The van der Waals surface area contributed by atoms with E-state index in [1.54, 1.807) is 0 Å². The summed E-state index contributed by atoms with van der Waals surface area (Å²) < 4.78 is 0. The minimum absolute atomic E-state index is 0.585. The average molecular weight is 281 g/mol. The van der Waals surface area contributed by atoms with Gasteiger partial charge in [-0.15, -0.1) is 0 Å². The van der Waals surface area contributed by atoms with Crippen molar-refractivity contribution < 1.29 is 0 Å². The normalized spacial score (nSPS) is 12.3. The third-order valence-electron chi connectivity index (χ3n) is 3.93. The van der Waals surface area contributed by atoms with Crippen molar-refractivity contribution in [1.29, 1.82) is 0 Å². The predicted octanol–water partition coefficient (Wildman–Crippen LogP) is 4.54. The van der Waals surface area contributed by atoms with E-state index in [-0.39, 0.29) is 0 Å². The van der Waals surface area contributed by atoms with Crippen LogP contribution in [0, 0.1) is 6.92 Å². The standard InChI is InChI=1S/C20H27N/c1-17-8-6-11-20(16-17)14-13-18(2)21-15-7-12-19-9-4-3-5-10-19/h3-6,8-11,16,18,21H,7,12-15H2,1-2H3. The Morgan fingerprint density at radius 2 is 1.67 bits per heavy atom. The third-order valence-corrected chi connectivity index (χ3v) is 3.93. The van der Waals surface area contributed by atoms with Crippen molar-refractivity contribution >= 4 is 0 Å². The zero-order valence-electron chi connectivity index (χ0n) is 13.3. The van der Waals surface area contributed by atoms with Crippen molar-refractivity contribution in [2.75, 3.05) is 6.54 Å². The van der Waals surface area contributed by atoms with Gasteiger partial charge in [-0.3, -0.25) is 0 Å². The predicted molar refractivity (Wildman–Crippen MR) is 91.7 cm³/mol. The monoisotopic (exact) mass is 281 g/mol. The van der Waals surface area contributed by atoms with Crippen LogP contribution in [0.1, 0.15) is 36.5 Å². The lowest BCUT2D eigenvalue weighted by Gasteiger charge is -2.14. The maximum atomic E-state index is 3.64. The highest BCUT2D eigenvalue weighted by Gasteiger charge is 2.02. The van der Waals surface area contributed by atoms with Crippen molar-refractivity contribution in [2.24, 2.45) is 0 Å². The van der Waals surface area contributed by atoms with Crippen LogP contribution in [-0.2, 0) is 12.8 Å². The quantitative estimate of drug-likeness (QED) is 0.701. The van der Waals surface area contributed by atoms with Crippen LogP contribution in [0.2, 0.25) is 0 Å². The Hall–Kier alpha value is -1.60. The highest BCUT2D eigenvalue weighted by molar-refractivity contribution is 5.22. The van der Waals surface area contributed by atoms with Crippen molar-refractivity contribution in [2.45, 2.75) is 45.6 Å². The van der Waals surface area contributed by atoms with E-state index in [9.17, 15) is 0 Å². The van der Waals surface area contributed by atoms with E-state index in [0.29, 0.717) is 6.04 Å². The first-order valence-electron chi connectivity index (χ1n) is 8.07. The summed E-state index contributed by atoms with van der Waals surface area (Å²) in [5.74, 6) is 0. The molecule has 21 heavy (non-hydrogen) atoms. The molecule has 1 N–H and O–H groups in total. The van der Waals surface area contributed by atoms with E-state index in [0.717, 1.165) is 13.0 Å². The Kier molecular flexibility index (Phi) is 6.49. The average Bonchev–Trinajstić information content (AvgIpc) is 2.51. The number of hydrogen-bond acceptors (Lipinski definition) is 1. The maximum absolute atomic E-state index is 3.64. The van der Waals surface area contributed by atoms with E-state index < -0.39 is 0 Å². The number of benzene rings is 2. The number of aryl methyl sites for hydroxylation is 3. The van der Waals surface area contributed by atoms with Crippen LogP contribution < -0.4 is 5.32 Å². The molecule has 0 fully saturated rings. The lowest BCUT2D eigenvalue weighted by Crippen LogP contribution is -2.27. The molecule has 2 aromatic rings. The van der Waals surface area contributed by atoms with Gasteiger partial charge in [0.2, 0.25) is 0 Å². The topological polar surface area (TPSA) is 12.0 Å². The first-order chi connectivity index (χ1) is 10.2. The van der Waals surface area contributed by atoms with E-state index in [1.165, 1.54) is 36.0 Å². The van der Waals surface area contributed by atoms with Gasteiger partial charge in [0.05, 0.1) is 0 Å².